The van der Waals surface area contributed by atoms with Crippen LogP contribution in [0, 0.1) is 0 Å². The van der Waals surface area contributed by atoms with Gasteiger partial charge in [0.15, 0.2) is 0 Å². The van der Waals surface area contributed by atoms with Crippen LogP contribution < -0.4 is 0 Å². The largest absolute Gasteiger partial charge is 0.464 e. The molecule has 0 aliphatic rings. The van der Waals surface area contributed by atoms with Crippen molar-refractivity contribution in [3.63, 3.8) is 0 Å². The first kappa shape index (κ1) is 20.5. The highest BCUT2D eigenvalue weighted by molar-refractivity contribution is 5.87. The number of methoxy groups -OCH3 is 1. The molecule has 0 aliphatic carbocycles. The lowest BCUT2D eigenvalue weighted by atomic mass is 9.99. The van der Waals surface area contributed by atoms with Crippen LogP contribution in [0.3, 0.4) is 0 Å². The van der Waals surface area contributed by atoms with E-state index in [1.54, 1.807) is 30.3 Å². The van der Waals surface area contributed by atoms with Gasteiger partial charge in [-0.25, -0.2) is 14.3 Å². The number of fused-ring (bicyclic) bond motifs is 1. The third-order valence-electron chi connectivity index (χ3n) is 4.76. The van der Waals surface area contributed by atoms with E-state index in [2.05, 4.69) is 14.8 Å². The number of benzene rings is 1. The second kappa shape index (κ2) is 7.84. The minimum Gasteiger partial charge on any atom is -0.464 e. The van der Waals surface area contributed by atoms with Gasteiger partial charge < -0.3 is 9.84 Å². The van der Waals surface area contributed by atoms with Crippen molar-refractivity contribution in [3.8, 4) is 11.3 Å². The number of carbonyl (C=O) groups is 1. The van der Waals surface area contributed by atoms with Gasteiger partial charge in [0.05, 0.1) is 29.6 Å². The number of aliphatic hydroxyl groups is 1. The van der Waals surface area contributed by atoms with E-state index in [1.807, 2.05) is 0 Å². The average Bonchev–Trinajstić information content (AvgIpc) is 3.17. The summed E-state index contributed by atoms with van der Waals surface area (Å²) in [6, 6.07) is 15.4. The van der Waals surface area contributed by atoms with Crippen molar-refractivity contribution in [1.29, 1.82) is 0 Å². The fraction of sp³-hybridized carbons (Fsp3) is 0.136. The molecule has 31 heavy (non-hydrogen) atoms. The molecule has 0 bridgehead atoms. The van der Waals surface area contributed by atoms with Gasteiger partial charge in [-0.05, 0) is 24.3 Å². The Balaban J connectivity index is 1.92. The number of alkyl halides is 3. The molecule has 1 unspecified atom stereocenters. The minimum atomic E-state index is -4.54. The molecule has 0 amide bonds. The van der Waals surface area contributed by atoms with E-state index in [0.29, 0.717) is 11.3 Å². The van der Waals surface area contributed by atoms with Gasteiger partial charge in [-0.2, -0.15) is 18.3 Å². The zero-order valence-electron chi connectivity index (χ0n) is 16.2. The molecule has 0 aliphatic heterocycles. The molecule has 9 heteroatoms. The number of carbonyl (C=O) groups excluding carboxylic acids is 1. The van der Waals surface area contributed by atoms with Crippen LogP contribution >= 0.6 is 0 Å². The van der Waals surface area contributed by atoms with Crippen LogP contribution in [0.1, 0.15) is 33.4 Å². The Hall–Kier alpha value is -3.72. The van der Waals surface area contributed by atoms with Crippen molar-refractivity contribution in [3.05, 3.63) is 89.4 Å². The summed E-state index contributed by atoms with van der Waals surface area (Å²) in [7, 11) is 1.21. The van der Waals surface area contributed by atoms with E-state index in [4.69, 9.17) is 0 Å². The average molecular weight is 427 g/mol. The monoisotopic (exact) mass is 427 g/mol. The molecule has 0 radical (unpaired) electrons. The third-order valence-corrected chi connectivity index (χ3v) is 4.76. The molecule has 3 aromatic heterocycles. The lowest BCUT2D eigenvalue weighted by Crippen LogP contribution is -2.10. The van der Waals surface area contributed by atoms with E-state index in [9.17, 15) is 23.1 Å². The quantitative estimate of drug-likeness (QED) is 0.492. The lowest BCUT2D eigenvalue weighted by molar-refractivity contribution is -0.137. The van der Waals surface area contributed by atoms with Crippen LogP contribution in [0.25, 0.3) is 16.8 Å². The van der Waals surface area contributed by atoms with Crippen molar-refractivity contribution in [2.45, 2.75) is 12.3 Å². The maximum absolute atomic E-state index is 13.2. The first-order valence-corrected chi connectivity index (χ1v) is 9.18. The highest BCUT2D eigenvalue weighted by atomic mass is 19.4. The fourth-order valence-corrected chi connectivity index (χ4v) is 3.28. The second-order valence-electron chi connectivity index (χ2n) is 6.72. The summed E-state index contributed by atoms with van der Waals surface area (Å²) in [4.78, 5) is 16.0. The van der Waals surface area contributed by atoms with Crippen LogP contribution in [0.2, 0.25) is 0 Å². The summed E-state index contributed by atoms with van der Waals surface area (Å²) in [6.45, 7) is 0. The molecule has 0 fully saturated rings. The van der Waals surface area contributed by atoms with Crippen molar-refractivity contribution >= 4 is 11.5 Å². The zero-order chi connectivity index (χ0) is 22.2. The maximum atomic E-state index is 13.2. The zero-order valence-corrected chi connectivity index (χ0v) is 16.2. The predicted molar refractivity (Wildman–Crippen MR) is 105 cm³/mol. The highest BCUT2D eigenvalue weighted by Gasteiger charge is 2.32. The smallest absolute Gasteiger partial charge is 0.417 e. The SMILES string of the molecule is COC(=O)c1cccc(C(O)c2c(-c3ccccc3)nn3cc(C(F)(F)F)ccc23)n1. The summed E-state index contributed by atoms with van der Waals surface area (Å²) in [5.74, 6) is -0.674. The molecule has 0 saturated heterocycles. The Kier molecular flexibility index (Phi) is 5.20. The van der Waals surface area contributed by atoms with Crippen molar-refractivity contribution in [2.24, 2.45) is 0 Å². The van der Waals surface area contributed by atoms with Crippen LogP contribution in [-0.4, -0.2) is 32.8 Å². The van der Waals surface area contributed by atoms with Gasteiger partial charge in [-0.15, -0.1) is 0 Å². The van der Waals surface area contributed by atoms with Gasteiger partial charge in [-0.3, -0.25) is 0 Å². The highest BCUT2D eigenvalue weighted by Crippen LogP contribution is 2.36. The molecule has 1 N–H and O–H groups in total. The van der Waals surface area contributed by atoms with Gasteiger partial charge in [0.1, 0.15) is 11.8 Å². The molecular weight excluding hydrogens is 411 g/mol. The standard InChI is InChI=1S/C22H16F3N3O3/c1-31-21(30)16-9-5-8-15(26-16)20(29)18-17-11-10-14(22(23,24)25)12-28(17)27-19(18)13-6-3-2-4-7-13/h2-12,20,29H,1H3. The van der Waals surface area contributed by atoms with Crippen LogP contribution in [0.15, 0.2) is 66.9 Å². The summed E-state index contributed by atoms with van der Waals surface area (Å²) < 4.78 is 45.3. The second-order valence-corrected chi connectivity index (χ2v) is 6.72. The number of ether oxygens (including phenoxy) is 1. The van der Waals surface area contributed by atoms with Gasteiger partial charge in [0.2, 0.25) is 0 Å². The minimum absolute atomic E-state index is 0.00357. The summed E-state index contributed by atoms with van der Waals surface area (Å²) in [6.07, 6.45) is -5.02. The van der Waals surface area contributed by atoms with Crippen molar-refractivity contribution in [1.82, 2.24) is 14.6 Å². The Bertz CT molecular complexity index is 1250. The normalized spacial score (nSPS) is 12.7. The van der Waals surface area contributed by atoms with Crippen molar-refractivity contribution in [2.75, 3.05) is 7.11 Å². The number of halogens is 3. The summed E-state index contributed by atoms with van der Waals surface area (Å²) in [5.41, 5.74) is 0.731. The number of esters is 1. The number of pyridine rings is 2. The molecular formula is C22H16F3N3O3. The maximum Gasteiger partial charge on any atom is 0.417 e. The fourth-order valence-electron chi connectivity index (χ4n) is 3.28. The molecule has 1 atom stereocenters. The van der Waals surface area contributed by atoms with E-state index < -0.39 is 23.8 Å². The Labute approximate surface area is 174 Å². The van der Waals surface area contributed by atoms with E-state index in [1.165, 1.54) is 31.4 Å². The molecule has 0 spiro atoms. The molecule has 158 valence electrons. The van der Waals surface area contributed by atoms with Crippen LogP contribution in [0.5, 0.6) is 0 Å². The number of aliphatic hydroxyl groups excluding tert-OH is 1. The summed E-state index contributed by atoms with van der Waals surface area (Å²) in [5, 5.41) is 15.5. The first-order valence-electron chi connectivity index (χ1n) is 9.18. The van der Waals surface area contributed by atoms with Crippen molar-refractivity contribution < 1.29 is 27.8 Å². The van der Waals surface area contributed by atoms with Gasteiger partial charge in [0.25, 0.3) is 0 Å². The van der Waals surface area contributed by atoms with E-state index >= 15 is 0 Å². The van der Waals surface area contributed by atoms with Gasteiger partial charge >= 0.3 is 12.1 Å². The van der Waals surface area contributed by atoms with E-state index in [-0.39, 0.29) is 22.5 Å². The molecule has 6 nitrogen and oxygen atoms in total. The Morgan fingerprint density at radius 2 is 1.81 bits per heavy atom. The number of nitrogens with zero attached hydrogens (tertiary/aromatic N) is 3. The third kappa shape index (κ3) is 3.87. The Morgan fingerprint density at radius 3 is 2.48 bits per heavy atom. The first-order chi connectivity index (χ1) is 14.8. The number of rotatable bonds is 4. The van der Waals surface area contributed by atoms with Gasteiger partial charge in [-0.1, -0.05) is 36.4 Å². The number of hydrogen-bond donors (Lipinski definition) is 1. The summed E-state index contributed by atoms with van der Waals surface area (Å²) >= 11 is 0. The predicted octanol–water partition coefficient (Wildman–Crippen LogP) is 4.28. The topological polar surface area (TPSA) is 76.7 Å². The number of aromatic nitrogens is 3. The molecule has 4 aromatic rings. The molecule has 1 aromatic carbocycles. The molecule has 3 heterocycles. The molecule has 0 saturated carbocycles. The lowest BCUT2D eigenvalue weighted by Gasteiger charge is -2.13. The van der Waals surface area contributed by atoms with Gasteiger partial charge in [0, 0.05) is 17.3 Å². The van der Waals surface area contributed by atoms with Crippen LogP contribution in [0.4, 0.5) is 13.2 Å². The van der Waals surface area contributed by atoms with Crippen LogP contribution in [-0.2, 0) is 10.9 Å². The number of hydrogen-bond acceptors (Lipinski definition) is 5. The van der Waals surface area contributed by atoms with E-state index in [0.717, 1.165) is 16.8 Å². The Morgan fingerprint density at radius 1 is 1.06 bits per heavy atom. The molecule has 4 rings (SSSR count).